The number of hydrogen-bond acceptors (Lipinski definition) is 4. The third kappa shape index (κ3) is 3.04. The van der Waals surface area contributed by atoms with E-state index in [1.165, 1.54) is 6.92 Å². The van der Waals surface area contributed by atoms with Gasteiger partial charge in [-0.1, -0.05) is 6.07 Å². The molecule has 0 spiro atoms. The highest BCUT2D eigenvalue weighted by molar-refractivity contribution is 6.04. The fourth-order valence-corrected chi connectivity index (χ4v) is 1.80. The Bertz CT molecular complexity index is 668. The first-order chi connectivity index (χ1) is 9.28. The van der Waals surface area contributed by atoms with Crippen molar-refractivity contribution >= 4 is 22.6 Å². The maximum absolute atomic E-state index is 12.2. The predicted octanol–water partition coefficient (Wildman–Crippen LogP) is 3.12. The van der Waals surface area contributed by atoms with Gasteiger partial charge in [-0.3, -0.25) is 4.79 Å². The summed E-state index contributed by atoms with van der Waals surface area (Å²) in [6.45, 7) is 1.74. The molecule has 0 saturated heterocycles. The predicted molar refractivity (Wildman–Crippen MR) is 68.8 cm³/mol. The third-order valence-corrected chi connectivity index (χ3v) is 2.70. The van der Waals surface area contributed by atoms with Crippen molar-refractivity contribution in [1.82, 2.24) is 9.97 Å². The minimum absolute atomic E-state index is 0.0310. The zero-order valence-electron chi connectivity index (χ0n) is 10.9. The van der Waals surface area contributed by atoms with Gasteiger partial charge in [0.15, 0.2) is 5.78 Å². The molecule has 0 aliphatic rings. The van der Waals surface area contributed by atoms with Gasteiger partial charge >= 0.3 is 6.18 Å². The van der Waals surface area contributed by atoms with Crippen LogP contribution in [0, 0.1) is 6.92 Å². The van der Waals surface area contributed by atoms with Crippen LogP contribution in [0.4, 0.5) is 19.0 Å². The number of halogens is 3. The van der Waals surface area contributed by atoms with Gasteiger partial charge in [0.2, 0.25) is 0 Å². The summed E-state index contributed by atoms with van der Waals surface area (Å²) >= 11 is 0. The van der Waals surface area contributed by atoms with Gasteiger partial charge < -0.3 is 5.32 Å². The lowest BCUT2D eigenvalue weighted by molar-refractivity contribution is -0.115. The summed E-state index contributed by atoms with van der Waals surface area (Å²) in [5, 5.41) is 2.20. The largest absolute Gasteiger partial charge is 0.405 e. The van der Waals surface area contributed by atoms with Crippen LogP contribution in [0.25, 0.3) is 11.0 Å². The molecule has 4 nitrogen and oxygen atoms in total. The van der Waals surface area contributed by atoms with Gasteiger partial charge in [0.1, 0.15) is 17.9 Å². The number of carbonyl (C=O) groups is 1. The number of anilines is 1. The second-order valence-corrected chi connectivity index (χ2v) is 4.36. The van der Waals surface area contributed by atoms with Crippen molar-refractivity contribution in [3.05, 3.63) is 29.5 Å². The molecule has 0 fully saturated rings. The first kappa shape index (κ1) is 14.2. The quantitative estimate of drug-likeness (QED) is 0.879. The van der Waals surface area contributed by atoms with Crippen LogP contribution in [0.5, 0.6) is 0 Å². The second kappa shape index (κ2) is 5.07. The van der Waals surface area contributed by atoms with Gasteiger partial charge in [-0.15, -0.1) is 0 Å². The molecule has 0 amide bonds. The van der Waals surface area contributed by atoms with Gasteiger partial charge in [-0.2, -0.15) is 13.2 Å². The molecule has 0 unspecified atom stereocenters. The van der Waals surface area contributed by atoms with Crippen molar-refractivity contribution in [2.24, 2.45) is 0 Å². The number of alkyl halides is 3. The molecule has 1 N–H and O–H groups in total. The van der Waals surface area contributed by atoms with Crippen LogP contribution in [-0.4, -0.2) is 28.5 Å². The number of benzene rings is 1. The van der Waals surface area contributed by atoms with E-state index in [1.54, 1.807) is 25.1 Å². The molecule has 0 saturated carbocycles. The summed E-state index contributed by atoms with van der Waals surface area (Å²) in [5.41, 5.74) is 1.47. The van der Waals surface area contributed by atoms with E-state index in [1.807, 2.05) is 0 Å². The topological polar surface area (TPSA) is 54.9 Å². The zero-order chi connectivity index (χ0) is 14.9. The molecular weight excluding hydrogens is 271 g/mol. The summed E-state index contributed by atoms with van der Waals surface area (Å²) in [7, 11) is 0. The summed E-state index contributed by atoms with van der Waals surface area (Å²) in [6, 6.07) is 4.90. The standard InChI is InChI=1S/C13H12F3N3O/c1-7-12(17-6-13(14,15)16)19-11-9(8(2)20)4-3-5-10(11)18-7/h3-5H,6H2,1-2H3,(H,17,19). The highest BCUT2D eigenvalue weighted by Gasteiger charge is 2.27. The van der Waals surface area contributed by atoms with Crippen LogP contribution in [0.15, 0.2) is 18.2 Å². The highest BCUT2D eigenvalue weighted by atomic mass is 19.4. The number of nitrogens with zero attached hydrogens (tertiary/aromatic N) is 2. The number of aryl methyl sites for hydroxylation is 1. The molecule has 0 radical (unpaired) electrons. The minimum Gasteiger partial charge on any atom is -0.360 e. The van der Waals surface area contributed by atoms with Crippen LogP contribution >= 0.6 is 0 Å². The summed E-state index contributed by atoms with van der Waals surface area (Å²) in [5.74, 6) is -0.181. The monoisotopic (exact) mass is 283 g/mol. The van der Waals surface area contributed by atoms with Crippen LogP contribution in [0.1, 0.15) is 23.0 Å². The molecule has 20 heavy (non-hydrogen) atoms. The fraction of sp³-hybridized carbons (Fsp3) is 0.308. The van der Waals surface area contributed by atoms with Gasteiger partial charge in [0, 0.05) is 5.56 Å². The van der Waals surface area contributed by atoms with E-state index in [2.05, 4.69) is 15.3 Å². The second-order valence-electron chi connectivity index (χ2n) is 4.36. The minimum atomic E-state index is -4.34. The molecule has 2 rings (SSSR count). The molecule has 0 bridgehead atoms. The van der Waals surface area contributed by atoms with E-state index in [9.17, 15) is 18.0 Å². The molecule has 1 heterocycles. The Hall–Kier alpha value is -2.18. The molecule has 1 aromatic carbocycles. The van der Waals surface area contributed by atoms with E-state index in [4.69, 9.17) is 0 Å². The Kier molecular flexibility index (Phi) is 3.61. The maximum atomic E-state index is 12.2. The molecule has 1 aromatic heterocycles. The van der Waals surface area contributed by atoms with Crippen molar-refractivity contribution in [1.29, 1.82) is 0 Å². The van der Waals surface area contributed by atoms with E-state index >= 15 is 0 Å². The first-order valence-electron chi connectivity index (χ1n) is 5.87. The van der Waals surface area contributed by atoms with Crippen LogP contribution < -0.4 is 5.32 Å². The normalized spacial score (nSPS) is 11.7. The van der Waals surface area contributed by atoms with Crippen molar-refractivity contribution in [2.45, 2.75) is 20.0 Å². The number of aromatic nitrogens is 2. The Morgan fingerprint density at radius 3 is 2.60 bits per heavy atom. The third-order valence-electron chi connectivity index (χ3n) is 2.70. The average molecular weight is 283 g/mol. The highest BCUT2D eigenvalue weighted by Crippen LogP contribution is 2.22. The van der Waals surface area contributed by atoms with Crippen LogP contribution in [0.3, 0.4) is 0 Å². The number of para-hydroxylation sites is 1. The lowest BCUT2D eigenvalue weighted by atomic mass is 10.1. The average Bonchev–Trinajstić information content (AvgIpc) is 2.34. The number of fused-ring (bicyclic) bond motifs is 1. The number of Topliss-reactive ketones (excluding diaryl/α,β-unsaturated/α-hetero) is 1. The molecular formula is C13H12F3N3O. The maximum Gasteiger partial charge on any atom is 0.405 e. The van der Waals surface area contributed by atoms with Crippen molar-refractivity contribution in [3.63, 3.8) is 0 Å². The number of ketones is 1. The van der Waals surface area contributed by atoms with Crippen molar-refractivity contribution < 1.29 is 18.0 Å². The first-order valence-corrected chi connectivity index (χ1v) is 5.87. The van der Waals surface area contributed by atoms with E-state index in [0.29, 0.717) is 22.3 Å². The molecule has 0 aliphatic heterocycles. The van der Waals surface area contributed by atoms with Crippen molar-refractivity contribution in [3.8, 4) is 0 Å². The SMILES string of the molecule is CC(=O)c1cccc2nc(C)c(NCC(F)(F)F)nc12. The zero-order valence-corrected chi connectivity index (χ0v) is 10.9. The molecule has 2 aromatic rings. The van der Waals surface area contributed by atoms with Gasteiger partial charge in [0.05, 0.1) is 11.2 Å². The van der Waals surface area contributed by atoms with Crippen molar-refractivity contribution in [2.75, 3.05) is 11.9 Å². The van der Waals surface area contributed by atoms with E-state index in [0.717, 1.165) is 0 Å². The summed E-state index contributed by atoms with van der Waals surface area (Å²) in [6.07, 6.45) is -4.34. The van der Waals surface area contributed by atoms with E-state index in [-0.39, 0.29) is 11.6 Å². The van der Waals surface area contributed by atoms with E-state index < -0.39 is 12.7 Å². The smallest absolute Gasteiger partial charge is 0.360 e. The molecule has 106 valence electrons. The van der Waals surface area contributed by atoms with Gasteiger partial charge in [-0.25, -0.2) is 9.97 Å². The lowest BCUT2D eigenvalue weighted by Crippen LogP contribution is -2.22. The molecule has 0 aliphatic carbocycles. The fourth-order valence-electron chi connectivity index (χ4n) is 1.80. The Morgan fingerprint density at radius 2 is 2.00 bits per heavy atom. The summed E-state index contributed by atoms with van der Waals surface area (Å²) < 4.78 is 36.7. The Balaban J connectivity index is 2.49. The van der Waals surface area contributed by atoms with Gasteiger partial charge in [0.25, 0.3) is 0 Å². The number of rotatable bonds is 3. The molecule has 0 atom stereocenters. The summed E-state index contributed by atoms with van der Waals surface area (Å²) in [4.78, 5) is 19.8. The van der Waals surface area contributed by atoms with Gasteiger partial charge in [-0.05, 0) is 26.0 Å². The number of carbonyl (C=O) groups excluding carboxylic acids is 1. The Labute approximate surface area is 113 Å². The van der Waals surface area contributed by atoms with Crippen LogP contribution in [-0.2, 0) is 0 Å². The number of hydrogen-bond donors (Lipinski definition) is 1. The molecule has 7 heteroatoms. The lowest BCUT2D eigenvalue weighted by Gasteiger charge is -2.12. The number of nitrogens with one attached hydrogen (secondary N) is 1. The van der Waals surface area contributed by atoms with Crippen LogP contribution in [0.2, 0.25) is 0 Å². The Morgan fingerprint density at radius 1 is 1.30 bits per heavy atom.